The first-order valence-corrected chi connectivity index (χ1v) is 22.0. The molecule has 0 radical (unpaired) electrons. The highest BCUT2D eigenvalue weighted by Gasteiger charge is 2.50. The highest BCUT2D eigenvalue weighted by molar-refractivity contribution is 7.26. The fourth-order valence-corrected chi connectivity index (χ4v) is 12.3. The first kappa shape index (κ1) is 34.6. The van der Waals surface area contributed by atoms with Gasteiger partial charge in [-0.25, -0.2) is 0 Å². The van der Waals surface area contributed by atoms with E-state index in [1.54, 1.807) is 0 Å². The van der Waals surface area contributed by atoms with Crippen LogP contribution in [0.5, 0.6) is 0 Å². The molecule has 0 unspecified atom stereocenters. The number of hydrogen-bond donors (Lipinski definition) is 0. The molecule has 13 rings (SSSR count). The highest BCUT2D eigenvalue weighted by Crippen LogP contribution is 2.61. The van der Waals surface area contributed by atoms with E-state index in [1.807, 2.05) is 11.3 Å². The number of furan rings is 1. The van der Waals surface area contributed by atoms with Gasteiger partial charge < -0.3 is 9.32 Å². The fourth-order valence-electron chi connectivity index (χ4n) is 11.1. The minimum atomic E-state index is -0.740. The molecule has 0 bridgehead atoms. The van der Waals surface area contributed by atoms with E-state index in [9.17, 15) is 0 Å². The number of fused-ring (bicyclic) bond motifs is 12. The monoisotopic (exact) mass is 797 g/mol. The van der Waals surface area contributed by atoms with Gasteiger partial charge in [-0.1, -0.05) is 172 Å². The maximum Gasteiger partial charge on any atom is 0.142 e. The molecule has 288 valence electrons. The Morgan fingerprint density at radius 2 is 1.05 bits per heavy atom. The molecule has 0 fully saturated rings. The third-order valence-electron chi connectivity index (χ3n) is 13.7. The van der Waals surface area contributed by atoms with Gasteiger partial charge in [-0.05, 0) is 92.5 Å². The van der Waals surface area contributed by atoms with Gasteiger partial charge in [0.25, 0.3) is 0 Å². The molecule has 0 spiro atoms. The summed E-state index contributed by atoms with van der Waals surface area (Å²) in [5.74, 6) is 0. The maximum atomic E-state index is 7.30. The van der Waals surface area contributed by atoms with Gasteiger partial charge in [0.15, 0.2) is 0 Å². The molecule has 2 aliphatic carbocycles. The van der Waals surface area contributed by atoms with Crippen molar-refractivity contribution in [1.29, 1.82) is 0 Å². The van der Waals surface area contributed by atoms with E-state index in [0.29, 0.717) is 0 Å². The van der Waals surface area contributed by atoms with E-state index in [1.165, 1.54) is 70.2 Å². The zero-order valence-corrected chi connectivity index (χ0v) is 34.6. The summed E-state index contributed by atoms with van der Waals surface area (Å²) >= 11 is 1.87. The number of rotatable bonds is 5. The lowest BCUT2D eigenvalue weighted by atomic mass is 9.66. The first-order chi connectivity index (χ1) is 30.0. The van der Waals surface area contributed by atoms with Crippen LogP contribution in [0.15, 0.2) is 205 Å². The summed E-state index contributed by atoms with van der Waals surface area (Å²) in [6, 6.07) is 74.2. The van der Waals surface area contributed by atoms with Crippen LogP contribution in [0.25, 0.3) is 64.4 Å². The molecule has 3 heteroatoms. The van der Waals surface area contributed by atoms with Gasteiger partial charge in [0.1, 0.15) is 11.2 Å². The van der Waals surface area contributed by atoms with Gasteiger partial charge in [0, 0.05) is 42.9 Å². The van der Waals surface area contributed by atoms with Crippen LogP contribution in [0.2, 0.25) is 0 Å². The molecule has 0 amide bonds. The van der Waals surface area contributed by atoms with Crippen LogP contribution >= 0.6 is 11.3 Å². The average molecular weight is 798 g/mol. The number of para-hydroxylation sites is 1. The molecule has 0 N–H and O–H groups in total. The molecule has 9 aromatic carbocycles. The van der Waals surface area contributed by atoms with Crippen molar-refractivity contribution in [2.75, 3.05) is 4.90 Å². The Hall–Kier alpha value is -7.20. The molecule has 0 saturated heterocycles. The topological polar surface area (TPSA) is 16.4 Å². The molecule has 61 heavy (non-hydrogen) atoms. The van der Waals surface area contributed by atoms with Crippen molar-refractivity contribution in [3.05, 3.63) is 234 Å². The van der Waals surface area contributed by atoms with Crippen molar-refractivity contribution in [2.24, 2.45) is 0 Å². The number of nitrogens with zero attached hydrogens (tertiary/aromatic N) is 1. The average Bonchev–Trinajstić information content (AvgIpc) is 4.03. The zero-order valence-electron chi connectivity index (χ0n) is 33.8. The number of thiophene rings is 1. The Morgan fingerprint density at radius 3 is 1.82 bits per heavy atom. The minimum Gasteiger partial charge on any atom is -0.456 e. The van der Waals surface area contributed by atoms with E-state index in [0.717, 1.165) is 44.6 Å². The van der Waals surface area contributed by atoms with Crippen LogP contribution in [-0.4, -0.2) is 0 Å². The van der Waals surface area contributed by atoms with E-state index in [2.05, 4.69) is 219 Å². The summed E-state index contributed by atoms with van der Waals surface area (Å²) in [4.78, 5) is 2.56. The summed E-state index contributed by atoms with van der Waals surface area (Å²) in [5, 5.41) is 4.76. The van der Waals surface area contributed by atoms with Crippen LogP contribution < -0.4 is 4.90 Å². The van der Waals surface area contributed by atoms with Gasteiger partial charge in [-0.15, -0.1) is 11.3 Å². The third kappa shape index (κ3) is 4.62. The Kier molecular flexibility index (Phi) is 7.19. The molecule has 0 saturated carbocycles. The quantitative estimate of drug-likeness (QED) is 0.172. The standard InChI is InChI=1S/C58H39NOS/c1-57(2)46-25-11-6-19-38(46)41-32-31-37(35-49(41)57)59(51-28-16-24-45-43-23-10-15-30-53(43)61-56(45)51)50-34-33-44-42-22-9-14-29-52(42)60-55(44)54(50)58(36-17-4-3-5-18-36)47-26-12-7-20-39(47)40-21-8-13-27-48(40)58/h3-35H,1-2H3. The maximum absolute atomic E-state index is 7.30. The second-order valence-electron chi connectivity index (χ2n) is 17.1. The van der Waals surface area contributed by atoms with Crippen molar-refractivity contribution in [3.63, 3.8) is 0 Å². The van der Waals surface area contributed by atoms with Gasteiger partial charge in [-0.2, -0.15) is 0 Å². The Bertz CT molecular complexity index is 3540. The number of benzene rings is 9. The lowest BCUT2D eigenvalue weighted by Crippen LogP contribution is -2.31. The fraction of sp³-hybridized carbons (Fsp3) is 0.0690. The molecule has 11 aromatic rings. The summed E-state index contributed by atoms with van der Waals surface area (Å²) < 4.78 is 9.83. The molecule has 2 aliphatic rings. The van der Waals surface area contributed by atoms with E-state index >= 15 is 0 Å². The van der Waals surface area contributed by atoms with Crippen molar-refractivity contribution in [1.82, 2.24) is 0 Å². The van der Waals surface area contributed by atoms with Crippen LogP contribution in [0.3, 0.4) is 0 Å². The largest absolute Gasteiger partial charge is 0.456 e. The Labute approximate surface area is 358 Å². The summed E-state index contributed by atoms with van der Waals surface area (Å²) in [6.07, 6.45) is 0. The lowest BCUT2D eigenvalue weighted by molar-refractivity contribution is 0.648. The summed E-state index contributed by atoms with van der Waals surface area (Å²) in [7, 11) is 0. The van der Waals surface area contributed by atoms with Crippen LogP contribution in [0.1, 0.15) is 47.2 Å². The van der Waals surface area contributed by atoms with Crippen LogP contribution in [0, 0.1) is 0 Å². The summed E-state index contributed by atoms with van der Waals surface area (Å²) in [6.45, 7) is 4.75. The smallest absolute Gasteiger partial charge is 0.142 e. The molecular formula is C58H39NOS. The molecular weight excluding hydrogens is 759 g/mol. The molecule has 2 aromatic heterocycles. The normalized spacial score (nSPS) is 14.3. The van der Waals surface area contributed by atoms with Crippen LogP contribution in [-0.2, 0) is 10.8 Å². The van der Waals surface area contributed by atoms with Crippen molar-refractivity contribution in [3.8, 4) is 22.3 Å². The second kappa shape index (κ2) is 12.7. The van der Waals surface area contributed by atoms with Crippen molar-refractivity contribution < 1.29 is 4.42 Å². The van der Waals surface area contributed by atoms with Gasteiger partial charge in [0.2, 0.25) is 0 Å². The molecule has 2 heterocycles. The predicted octanol–water partition coefficient (Wildman–Crippen LogP) is 16.1. The lowest BCUT2D eigenvalue weighted by Gasteiger charge is -2.38. The predicted molar refractivity (Wildman–Crippen MR) is 256 cm³/mol. The first-order valence-electron chi connectivity index (χ1n) is 21.2. The zero-order chi connectivity index (χ0) is 40.5. The Morgan fingerprint density at radius 1 is 0.443 bits per heavy atom. The molecule has 2 nitrogen and oxygen atoms in total. The van der Waals surface area contributed by atoms with Gasteiger partial charge >= 0.3 is 0 Å². The highest BCUT2D eigenvalue weighted by atomic mass is 32.1. The molecule has 0 aliphatic heterocycles. The molecule has 0 atom stereocenters. The van der Waals surface area contributed by atoms with Gasteiger partial charge in [-0.3, -0.25) is 0 Å². The third-order valence-corrected chi connectivity index (χ3v) is 15.0. The van der Waals surface area contributed by atoms with Crippen LogP contribution in [0.4, 0.5) is 17.1 Å². The van der Waals surface area contributed by atoms with E-state index in [4.69, 9.17) is 4.42 Å². The number of anilines is 3. The van der Waals surface area contributed by atoms with Crippen molar-refractivity contribution >= 4 is 70.5 Å². The van der Waals surface area contributed by atoms with E-state index < -0.39 is 5.41 Å². The minimum absolute atomic E-state index is 0.183. The van der Waals surface area contributed by atoms with Gasteiger partial charge in [0.05, 0.1) is 21.5 Å². The Balaban J connectivity index is 1.22. The SMILES string of the molecule is CC1(C)c2ccccc2-c2ccc(N(c3ccc4c(oc5ccccc54)c3C3(c4ccccc4)c4ccccc4-c4ccccc43)c3cccc4c3sc3ccccc34)cc21. The summed E-state index contributed by atoms with van der Waals surface area (Å²) in [5.41, 5.74) is 16.9. The second-order valence-corrected chi connectivity index (χ2v) is 18.2. The van der Waals surface area contributed by atoms with Crippen molar-refractivity contribution in [2.45, 2.75) is 24.7 Å². The van der Waals surface area contributed by atoms with E-state index in [-0.39, 0.29) is 5.41 Å². The number of hydrogen-bond acceptors (Lipinski definition) is 3.